The van der Waals surface area contributed by atoms with Gasteiger partial charge >= 0.3 is 0 Å². The SMILES string of the molecule is CCOc1ccc(-c2cn3cccc(OCC(=O)Nc4ccccc4Cl)c3n2)cc1N. The summed E-state index contributed by atoms with van der Waals surface area (Å²) >= 11 is 6.08. The molecule has 31 heavy (non-hydrogen) atoms. The maximum absolute atomic E-state index is 12.3. The molecule has 4 rings (SSSR count). The summed E-state index contributed by atoms with van der Waals surface area (Å²) in [6.45, 7) is 2.28. The van der Waals surface area contributed by atoms with E-state index in [0.29, 0.717) is 40.2 Å². The molecule has 0 radical (unpaired) electrons. The molecule has 7 nitrogen and oxygen atoms in total. The molecule has 8 heteroatoms. The van der Waals surface area contributed by atoms with E-state index in [1.54, 1.807) is 30.3 Å². The number of aromatic nitrogens is 2. The third-order valence-corrected chi connectivity index (χ3v) is 4.89. The highest BCUT2D eigenvalue weighted by Gasteiger charge is 2.12. The van der Waals surface area contributed by atoms with Crippen LogP contribution in [0.2, 0.25) is 5.02 Å². The number of halogens is 1. The lowest BCUT2D eigenvalue weighted by atomic mass is 10.1. The number of rotatable bonds is 7. The molecule has 0 unspecified atom stereocenters. The Morgan fingerprint density at radius 1 is 1.13 bits per heavy atom. The fourth-order valence-corrected chi connectivity index (χ4v) is 3.31. The first-order chi connectivity index (χ1) is 15.0. The number of pyridine rings is 1. The highest BCUT2D eigenvalue weighted by Crippen LogP contribution is 2.30. The summed E-state index contributed by atoms with van der Waals surface area (Å²) in [5.74, 6) is 0.812. The van der Waals surface area contributed by atoms with Crippen molar-refractivity contribution in [1.29, 1.82) is 0 Å². The van der Waals surface area contributed by atoms with Crippen molar-refractivity contribution in [2.45, 2.75) is 6.92 Å². The summed E-state index contributed by atoms with van der Waals surface area (Å²) in [7, 11) is 0. The first-order valence-electron chi connectivity index (χ1n) is 9.72. The molecule has 4 aromatic rings. The Balaban J connectivity index is 1.52. The molecule has 0 fully saturated rings. The number of carbonyl (C=O) groups is 1. The van der Waals surface area contributed by atoms with E-state index in [2.05, 4.69) is 10.3 Å². The highest BCUT2D eigenvalue weighted by atomic mass is 35.5. The van der Waals surface area contributed by atoms with Gasteiger partial charge in [-0.05, 0) is 49.4 Å². The van der Waals surface area contributed by atoms with Crippen LogP contribution in [0.4, 0.5) is 11.4 Å². The number of nitrogens with zero attached hydrogens (tertiary/aromatic N) is 2. The van der Waals surface area contributed by atoms with Crippen LogP contribution in [0, 0.1) is 0 Å². The van der Waals surface area contributed by atoms with E-state index in [0.717, 1.165) is 11.3 Å². The third-order valence-electron chi connectivity index (χ3n) is 4.56. The Bertz CT molecular complexity index is 1240. The molecule has 0 saturated carbocycles. The number of para-hydroxylation sites is 1. The molecule has 2 heterocycles. The topological polar surface area (TPSA) is 90.9 Å². The number of benzene rings is 2. The zero-order chi connectivity index (χ0) is 21.8. The zero-order valence-corrected chi connectivity index (χ0v) is 17.6. The molecule has 158 valence electrons. The summed E-state index contributed by atoms with van der Waals surface area (Å²) in [6, 6.07) is 16.2. The van der Waals surface area contributed by atoms with Crippen LogP contribution in [0.1, 0.15) is 6.92 Å². The Hall–Kier alpha value is -3.71. The van der Waals surface area contributed by atoms with Gasteiger partial charge in [0.15, 0.2) is 18.0 Å². The number of hydrogen-bond donors (Lipinski definition) is 2. The van der Waals surface area contributed by atoms with E-state index >= 15 is 0 Å². The van der Waals surface area contributed by atoms with Crippen molar-refractivity contribution in [1.82, 2.24) is 9.38 Å². The lowest BCUT2D eigenvalue weighted by molar-refractivity contribution is -0.118. The van der Waals surface area contributed by atoms with Crippen molar-refractivity contribution < 1.29 is 14.3 Å². The standard InChI is InChI=1S/C23H21ClN4O3/c1-2-30-20-10-9-15(12-17(20)25)19-13-28-11-5-8-21(23(28)27-19)31-14-22(29)26-18-7-4-3-6-16(18)24/h3-13H,2,14,25H2,1H3,(H,26,29). The monoisotopic (exact) mass is 436 g/mol. The van der Waals surface area contributed by atoms with Crippen LogP contribution in [-0.2, 0) is 4.79 Å². The molecule has 2 aromatic carbocycles. The van der Waals surface area contributed by atoms with Gasteiger partial charge in [0.1, 0.15) is 5.75 Å². The number of imidazole rings is 1. The smallest absolute Gasteiger partial charge is 0.262 e. The number of amides is 1. The van der Waals surface area contributed by atoms with Crippen LogP contribution < -0.4 is 20.5 Å². The number of nitrogens with two attached hydrogens (primary N) is 1. The molecule has 0 aliphatic carbocycles. The van der Waals surface area contributed by atoms with Crippen molar-refractivity contribution in [2.24, 2.45) is 0 Å². The lowest BCUT2D eigenvalue weighted by Gasteiger charge is -2.09. The first kappa shape index (κ1) is 20.6. The van der Waals surface area contributed by atoms with E-state index < -0.39 is 0 Å². The molecular formula is C23H21ClN4O3. The molecule has 2 aromatic heterocycles. The van der Waals surface area contributed by atoms with Gasteiger partial charge in [0.05, 0.1) is 28.7 Å². The van der Waals surface area contributed by atoms with Crippen LogP contribution in [0.5, 0.6) is 11.5 Å². The van der Waals surface area contributed by atoms with Gasteiger partial charge in [-0.2, -0.15) is 0 Å². The Kier molecular flexibility index (Phi) is 5.95. The Labute approximate surface area is 184 Å². The fourth-order valence-electron chi connectivity index (χ4n) is 3.13. The van der Waals surface area contributed by atoms with Gasteiger partial charge in [0.25, 0.3) is 5.91 Å². The molecule has 1 amide bonds. The van der Waals surface area contributed by atoms with Crippen molar-refractivity contribution in [3.63, 3.8) is 0 Å². The van der Waals surface area contributed by atoms with Crippen molar-refractivity contribution >= 4 is 34.5 Å². The lowest BCUT2D eigenvalue weighted by Crippen LogP contribution is -2.20. The maximum Gasteiger partial charge on any atom is 0.262 e. The maximum atomic E-state index is 12.3. The molecule has 0 saturated heterocycles. The van der Waals surface area contributed by atoms with Gasteiger partial charge in [0.2, 0.25) is 0 Å². The summed E-state index contributed by atoms with van der Waals surface area (Å²) in [4.78, 5) is 16.9. The third kappa shape index (κ3) is 4.57. The number of anilines is 2. The molecule has 0 atom stereocenters. The molecule has 0 bridgehead atoms. The first-order valence-corrected chi connectivity index (χ1v) is 10.1. The van der Waals surface area contributed by atoms with Gasteiger partial charge in [-0.1, -0.05) is 23.7 Å². The molecule has 3 N–H and O–H groups in total. The molecule has 0 aliphatic rings. The van der Waals surface area contributed by atoms with Crippen molar-refractivity contribution in [2.75, 3.05) is 24.3 Å². The predicted octanol–water partition coefficient (Wildman–Crippen LogP) is 4.65. The molecule has 0 spiro atoms. The summed E-state index contributed by atoms with van der Waals surface area (Å²) < 4.78 is 13.1. The van der Waals surface area contributed by atoms with E-state index in [1.807, 2.05) is 48.0 Å². The van der Waals surface area contributed by atoms with Gasteiger partial charge in [0, 0.05) is 18.0 Å². The number of nitrogens with one attached hydrogen (secondary N) is 1. The summed E-state index contributed by atoms with van der Waals surface area (Å²) in [6.07, 6.45) is 3.74. The fraction of sp³-hybridized carbons (Fsp3) is 0.130. The number of ether oxygens (including phenoxy) is 2. The van der Waals surface area contributed by atoms with Crippen LogP contribution in [-0.4, -0.2) is 28.5 Å². The van der Waals surface area contributed by atoms with Gasteiger partial charge in [-0.15, -0.1) is 0 Å². The number of fused-ring (bicyclic) bond motifs is 1. The van der Waals surface area contributed by atoms with Crippen LogP contribution in [0.15, 0.2) is 67.0 Å². The van der Waals surface area contributed by atoms with Gasteiger partial charge in [-0.25, -0.2) is 4.98 Å². The number of nitrogen functional groups attached to an aromatic ring is 1. The number of hydrogen-bond acceptors (Lipinski definition) is 5. The second kappa shape index (κ2) is 8.97. The van der Waals surface area contributed by atoms with Crippen LogP contribution >= 0.6 is 11.6 Å². The minimum atomic E-state index is -0.318. The minimum Gasteiger partial charge on any atom is -0.492 e. The largest absolute Gasteiger partial charge is 0.492 e. The highest BCUT2D eigenvalue weighted by molar-refractivity contribution is 6.33. The molecule has 0 aliphatic heterocycles. The normalized spacial score (nSPS) is 10.8. The second-order valence-corrected chi connectivity index (χ2v) is 7.14. The second-order valence-electron chi connectivity index (χ2n) is 6.73. The average Bonchev–Trinajstić information content (AvgIpc) is 3.20. The van der Waals surface area contributed by atoms with Crippen LogP contribution in [0.3, 0.4) is 0 Å². The quantitative estimate of drug-likeness (QED) is 0.411. The Morgan fingerprint density at radius 2 is 1.97 bits per heavy atom. The molecular weight excluding hydrogens is 416 g/mol. The predicted molar refractivity (Wildman–Crippen MR) is 122 cm³/mol. The summed E-state index contributed by atoms with van der Waals surface area (Å²) in [5, 5.41) is 3.20. The Morgan fingerprint density at radius 3 is 2.74 bits per heavy atom. The zero-order valence-electron chi connectivity index (χ0n) is 16.8. The van der Waals surface area contributed by atoms with Gasteiger partial charge < -0.3 is 24.9 Å². The van der Waals surface area contributed by atoms with Crippen molar-refractivity contribution in [3.05, 3.63) is 72.0 Å². The van der Waals surface area contributed by atoms with Crippen molar-refractivity contribution in [3.8, 4) is 22.8 Å². The number of carbonyl (C=O) groups excluding carboxylic acids is 1. The average molecular weight is 437 g/mol. The van der Waals surface area contributed by atoms with E-state index in [9.17, 15) is 4.79 Å². The van der Waals surface area contributed by atoms with E-state index in [-0.39, 0.29) is 12.5 Å². The van der Waals surface area contributed by atoms with Crippen LogP contribution in [0.25, 0.3) is 16.9 Å². The summed E-state index contributed by atoms with van der Waals surface area (Å²) in [5.41, 5.74) is 9.34. The van der Waals surface area contributed by atoms with E-state index in [4.69, 9.17) is 26.8 Å². The van der Waals surface area contributed by atoms with Gasteiger partial charge in [-0.3, -0.25) is 4.79 Å². The van der Waals surface area contributed by atoms with E-state index in [1.165, 1.54) is 0 Å². The minimum absolute atomic E-state index is 0.177.